The van der Waals surface area contributed by atoms with Crippen molar-refractivity contribution in [3.05, 3.63) is 24.3 Å². The number of hydrogen-bond donors (Lipinski definition) is 0. The lowest BCUT2D eigenvalue weighted by Gasteiger charge is -2.05. The third-order valence-electron chi connectivity index (χ3n) is 1.81. The molecular formula is C10H14O3S2. The molecule has 0 radical (unpaired) electrons. The summed E-state index contributed by atoms with van der Waals surface area (Å²) in [6.07, 6.45) is 3.20. The molecule has 0 saturated heterocycles. The molecule has 84 valence electrons. The minimum Gasteiger partial charge on any atom is -0.493 e. The number of ether oxygens (including phenoxy) is 1. The van der Waals surface area contributed by atoms with Crippen molar-refractivity contribution in [1.29, 1.82) is 0 Å². The molecule has 1 aromatic carbocycles. The maximum absolute atomic E-state index is 11.2. The fourth-order valence-corrected chi connectivity index (χ4v) is 1.91. The molecule has 0 unspecified atom stereocenters. The van der Waals surface area contributed by atoms with Crippen LogP contribution in [0.5, 0.6) is 5.75 Å². The standard InChI is InChI=1S/C10H14O3S2/c1-14-8-7-13-9-3-5-10(6-4-9)15(2,11)12/h3-6H,7-8H2,1-2H3. The second-order valence-corrected chi connectivity index (χ2v) is 6.09. The summed E-state index contributed by atoms with van der Waals surface area (Å²) in [4.78, 5) is 0.319. The van der Waals surface area contributed by atoms with Gasteiger partial charge in [-0.15, -0.1) is 0 Å². The molecule has 0 bridgehead atoms. The van der Waals surface area contributed by atoms with Gasteiger partial charge in [-0.05, 0) is 30.5 Å². The van der Waals surface area contributed by atoms with Gasteiger partial charge in [-0.1, -0.05) is 0 Å². The molecule has 0 aromatic heterocycles. The molecule has 15 heavy (non-hydrogen) atoms. The normalized spacial score (nSPS) is 11.3. The fraction of sp³-hybridized carbons (Fsp3) is 0.400. The Labute approximate surface area is 94.8 Å². The van der Waals surface area contributed by atoms with E-state index < -0.39 is 9.84 Å². The molecule has 1 rings (SSSR count). The first-order valence-corrected chi connectivity index (χ1v) is 7.74. The van der Waals surface area contributed by atoms with E-state index in [4.69, 9.17) is 4.74 Å². The van der Waals surface area contributed by atoms with E-state index in [0.717, 1.165) is 5.75 Å². The van der Waals surface area contributed by atoms with E-state index >= 15 is 0 Å². The SMILES string of the molecule is CSCCOc1ccc(S(C)(=O)=O)cc1. The van der Waals surface area contributed by atoms with Gasteiger partial charge >= 0.3 is 0 Å². The molecule has 0 N–H and O–H groups in total. The van der Waals surface area contributed by atoms with E-state index in [1.54, 1.807) is 36.0 Å². The average Bonchev–Trinajstić information content (AvgIpc) is 2.18. The number of sulfone groups is 1. The van der Waals surface area contributed by atoms with Gasteiger partial charge in [0.25, 0.3) is 0 Å². The van der Waals surface area contributed by atoms with E-state index in [-0.39, 0.29) is 0 Å². The lowest BCUT2D eigenvalue weighted by molar-refractivity contribution is 0.344. The largest absolute Gasteiger partial charge is 0.493 e. The zero-order chi connectivity index (χ0) is 11.3. The van der Waals surface area contributed by atoms with Gasteiger partial charge in [-0.2, -0.15) is 11.8 Å². The van der Waals surface area contributed by atoms with Crippen LogP contribution in [-0.2, 0) is 9.84 Å². The van der Waals surface area contributed by atoms with Gasteiger partial charge in [0.2, 0.25) is 0 Å². The van der Waals surface area contributed by atoms with Gasteiger partial charge < -0.3 is 4.74 Å². The predicted molar refractivity (Wildman–Crippen MR) is 63.4 cm³/mol. The monoisotopic (exact) mass is 246 g/mol. The Kier molecular flexibility index (Phi) is 4.47. The highest BCUT2D eigenvalue weighted by Crippen LogP contribution is 2.15. The molecule has 0 aliphatic carbocycles. The van der Waals surface area contributed by atoms with Crippen molar-refractivity contribution in [3.63, 3.8) is 0 Å². The highest BCUT2D eigenvalue weighted by molar-refractivity contribution is 7.98. The van der Waals surface area contributed by atoms with E-state index in [2.05, 4.69) is 0 Å². The van der Waals surface area contributed by atoms with Gasteiger partial charge in [0.1, 0.15) is 5.75 Å². The first kappa shape index (κ1) is 12.4. The summed E-state index contributed by atoms with van der Waals surface area (Å²) in [6, 6.07) is 6.47. The van der Waals surface area contributed by atoms with Crippen LogP contribution in [0.15, 0.2) is 29.2 Å². The molecule has 0 fully saturated rings. The first-order valence-electron chi connectivity index (χ1n) is 4.46. The fourth-order valence-electron chi connectivity index (χ4n) is 1.03. The molecule has 1 aromatic rings. The Hall–Kier alpha value is -0.680. The van der Waals surface area contributed by atoms with Crippen molar-refractivity contribution >= 4 is 21.6 Å². The van der Waals surface area contributed by atoms with E-state index in [9.17, 15) is 8.42 Å². The van der Waals surface area contributed by atoms with Crippen molar-refractivity contribution in [2.75, 3.05) is 24.9 Å². The number of rotatable bonds is 5. The third-order valence-corrected chi connectivity index (χ3v) is 3.51. The van der Waals surface area contributed by atoms with E-state index in [0.29, 0.717) is 17.3 Å². The van der Waals surface area contributed by atoms with Crippen LogP contribution in [0.1, 0.15) is 0 Å². The molecule has 0 heterocycles. The minimum atomic E-state index is -3.10. The molecule has 0 aliphatic rings. The molecule has 3 nitrogen and oxygen atoms in total. The van der Waals surface area contributed by atoms with Gasteiger partial charge in [0.15, 0.2) is 9.84 Å². The Morgan fingerprint density at radius 1 is 1.27 bits per heavy atom. The topological polar surface area (TPSA) is 43.4 Å². The smallest absolute Gasteiger partial charge is 0.175 e. The van der Waals surface area contributed by atoms with Crippen LogP contribution in [0.2, 0.25) is 0 Å². The third kappa shape index (κ3) is 4.13. The molecule has 0 saturated carbocycles. The molecule has 0 spiro atoms. The molecule has 0 aliphatic heterocycles. The van der Waals surface area contributed by atoms with Crippen molar-refractivity contribution in [3.8, 4) is 5.75 Å². The van der Waals surface area contributed by atoms with E-state index in [1.165, 1.54) is 6.26 Å². The minimum absolute atomic E-state index is 0.319. The zero-order valence-electron chi connectivity index (χ0n) is 8.76. The van der Waals surface area contributed by atoms with Crippen LogP contribution in [0, 0.1) is 0 Å². The Bertz CT molecular complexity index is 395. The van der Waals surface area contributed by atoms with Gasteiger partial charge in [-0.25, -0.2) is 8.42 Å². The summed E-state index contributed by atoms with van der Waals surface area (Å²) in [6.45, 7) is 0.638. The Morgan fingerprint density at radius 2 is 1.87 bits per heavy atom. The van der Waals surface area contributed by atoms with Crippen LogP contribution < -0.4 is 4.74 Å². The summed E-state index contributed by atoms with van der Waals surface area (Å²) >= 11 is 1.71. The number of hydrogen-bond acceptors (Lipinski definition) is 4. The molecule has 0 amide bonds. The summed E-state index contributed by atoms with van der Waals surface area (Å²) in [5.74, 6) is 1.63. The lowest BCUT2D eigenvalue weighted by atomic mass is 10.3. The van der Waals surface area contributed by atoms with Crippen LogP contribution >= 0.6 is 11.8 Å². The van der Waals surface area contributed by atoms with Crippen molar-refractivity contribution in [2.45, 2.75) is 4.90 Å². The summed E-state index contributed by atoms with van der Waals surface area (Å²) in [5.41, 5.74) is 0. The Morgan fingerprint density at radius 3 is 2.33 bits per heavy atom. The van der Waals surface area contributed by atoms with Crippen molar-refractivity contribution < 1.29 is 13.2 Å². The van der Waals surface area contributed by atoms with Crippen LogP contribution in [-0.4, -0.2) is 33.3 Å². The second-order valence-electron chi connectivity index (χ2n) is 3.08. The van der Waals surface area contributed by atoms with Crippen LogP contribution in [0.25, 0.3) is 0 Å². The van der Waals surface area contributed by atoms with Gasteiger partial charge in [0, 0.05) is 12.0 Å². The van der Waals surface area contributed by atoms with Crippen LogP contribution in [0.4, 0.5) is 0 Å². The molecule has 0 atom stereocenters. The molecular weight excluding hydrogens is 232 g/mol. The van der Waals surface area contributed by atoms with Gasteiger partial charge in [-0.3, -0.25) is 0 Å². The van der Waals surface area contributed by atoms with Crippen LogP contribution in [0.3, 0.4) is 0 Å². The summed E-state index contributed by atoms with van der Waals surface area (Å²) in [5, 5.41) is 0. The summed E-state index contributed by atoms with van der Waals surface area (Å²) in [7, 11) is -3.10. The maximum Gasteiger partial charge on any atom is 0.175 e. The number of thioether (sulfide) groups is 1. The van der Waals surface area contributed by atoms with Gasteiger partial charge in [0.05, 0.1) is 11.5 Å². The average molecular weight is 246 g/mol. The number of benzene rings is 1. The second kappa shape index (κ2) is 5.42. The maximum atomic E-state index is 11.2. The van der Waals surface area contributed by atoms with Crippen molar-refractivity contribution in [1.82, 2.24) is 0 Å². The first-order chi connectivity index (χ1) is 7.04. The summed E-state index contributed by atoms with van der Waals surface area (Å²) < 4.78 is 27.7. The lowest BCUT2D eigenvalue weighted by Crippen LogP contribution is -2.00. The Balaban J connectivity index is 2.65. The molecule has 5 heteroatoms. The van der Waals surface area contributed by atoms with E-state index in [1.807, 2.05) is 6.26 Å². The quantitative estimate of drug-likeness (QED) is 0.743. The highest BCUT2D eigenvalue weighted by atomic mass is 32.2. The highest BCUT2D eigenvalue weighted by Gasteiger charge is 2.05. The predicted octanol–water partition coefficient (Wildman–Crippen LogP) is 1.83. The van der Waals surface area contributed by atoms with Crippen molar-refractivity contribution in [2.24, 2.45) is 0 Å². The zero-order valence-corrected chi connectivity index (χ0v) is 10.4.